The maximum absolute atomic E-state index is 13.1. The van der Waals surface area contributed by atoms with Gasteiger partial charge < -0.3 is 9.64 Å². The Balaban J connectivity index is 1.57. The molecule has 0 aliphatic carbocycles. The van der Waals surface area contributed by atoms with Gasteiger partial charge in [-0.2, -0.15) is 5.10 Å². The van der Waals surface area contributed by atoms with Crippen molar-refractivity contribution in [1.29, 1.82) is 0 Å². The lowest BCUT2D eigenvalue weighted by Crippen LogP contribution is -2.37. The van der Waals surface area contributed by atoms with Gasteiger partial charge in [-0.25, -0.2) is 9.37 Å². The molecule has 1 aromatic carbocycles. The molecule has 0 bridgehead atoms. The lowest BCUT2D eigenvalue weighted by molar-refractivity contribution is -0.133. The Morgan fingerprint density at radius 3 is 2.88 bits per heavy atom. The number of aryl methyl sites for hydroxylation is 1. The second-order valence-corrected chi connectivity index (χ2v) is 6.30. The van der Waals surface area contributed by atoms with E-state index in [0.717, 1.165) is 25.0 Å². The van der Waals surface area contributed by atoms with Crippen LogP contribution in [-0.4, -0.2) is 44.8 Å². The van der Waals surface area contributed by atoms with E-state index in [2.05, 4.69) is 10.1 Å². The normalized spacial score (nSPS) is 16.9. The Bertz CT molecular complexity index is 654. The highest BCUT2D eigenvalue weighted by atomic mass is 19.1. The maximum atomic E-state index is 13.1. The molecule has 7 heteroatoms. The van der Waals surface area contributed by atoms with E-state index >= 15 is 0 Å². The number of aromatic nitrogens is 3. The molecule has 1 aromatic heterocycles. The van der Waals surface area contributed by atoms with Crippen LogP contribution in [0.15, 0.2) is 36.9 Å². The highest BCUT2D eigenvalue weighted by molar-refractivity contribution is 5.76. The summed E-state index contributed by atoms with van der Waals surface area (Å²) in [5.41, 5.74) is 0.920. The molecule has 0 radical (unpaired) electrons. The van der Waals surface area contributed by atoms with E-state index in [4.69, 9.17) is 4.74 Å². The van der Waals surface area contributed by atoms with Gasteiger partial charge in [0.15, 0.2) is 0 Å². The molecule has 1 saturated heterocycles. The van der Waals surface area contributed by atoms with Gasteiger partial charge in [0.05, 0.1) is 6.10 Å². The van der Waals surface area contributed by atoms with Crippen molar-refractivity contribution in [3.8, 4) is 0 Å². The molecule has 3 rings (SSSR count). The largest absolute Gasteiger partial charge is 0.376 e. The molecule has 1 atom stereocenters. The fraction of sp³-hybridized carbons (Fsp3) is 0.500. The summed E-state index contributed by atoms with van der Waals surface area (Å²) < 4.78 is 20.5. The fourth-order valence-corrected chi connectivity index (χ4v) is 3.00. The van der Waals surface area contributed by atoms with Crippen LogP contribution in [0.25, 0.3) is 0 Å². The molecule has 1 fully saturated rings. The second kappa shape index (κ2) is 8.71. The third kappa shape index (κ3) is 5.35. The van der Waals surface area contributed by atoms with E-state index in [0.29, 0.717) is 32.5 Å². The van der Waals surface area contributed by atoms with Gasteiger partial charge in [0.1, 0.15) is 18.5 Å². The summed E-state index contributed by atoms with van der Waals surface area (Å²) in [6, 6.07) is 6.30. The number of hydrogen-bond acceptors (Lipinski definition) is 4. The predicted octanol–water partition coefficient (Wildman–Crippen LogP) is 2.41. The number of halogens is 1. The van der Waals surface area contributed by atoms with Gasteiger partial charge in [-0.15, -0.1) is 0 Å². The van der Waals surface area contributed by atoms with E-state index in [9.17, 15) is 9.18 Å². The van der Waals surface area contributed by atoms with E-state index in [1.807, 2.05) is 4.90 Å². The summed E-state index contributed by atoms with van der Waals surface area (Å²) in [5, 5.41) is 4.04. The van der Waals surface area contributed by atoms with Gasteiger partial charge in [-0.1, -0.05) is 12.1 Å². The molecule has 1 aliphatic rings. The molecule has 1 unspecified atom stereocenters. The monoisotopic (exact) mass is 346 g/mol. The van der Waals surface area contributed by atoms with Gasteiger partial charge in [0.25, 0.3) is 0 Å². The van der Waals surface area contributed by atoms with Crippen molar-refractivity contribution in [2.75, 3.05) is 13.2 Å². The molecule has 6 nitrogen and oxygen atoms in total. The first-order valence-electron chi connectivity index (χ1n) is 8.67. The zero-order valence-corrected chi connectivity index (χ0v) is 14.2. The van der Waals surface area contributed by atoms with Crippen molar-refractivity contribution >= 4 is 5.91 Å². The number of ether oxygens (including phenoxy) is 1. The van der Waals surface area contributed by atoms with Crippen molar-refractivity contribution in [2.24, 2.45) is 0 Å². The average Bonchev–Trinajstić information content (AvgIpc) is 3.30. The van der Waals surface area contributed by atoms with Crippen LogP contribution in [0.2, 0.25) is 0 Å². The number of amides is 1. The molecule has 2 aromatic rings. The quantitative estimate of drug-likeness (QED) is 0.736. The minimum absolute atomic E-state index is 0.0833. The van der Waals surface area contributed by atoms with Gasteiger partial charge in [0, 0.05) is 32.7 Å². The van der Waals surface area contributed by atoms with Crippen molar-refractivity contribution in [1.82, 2.24) is 19.7 Å². The van der Waals surface area contributed by atoms with Crippen molar-refractivity contribution in [3.63, 3.8) is 0 Å². The van der Waals surface area contributed by atoms with Crippen LogP contribution < -0.4 is 0 Å². The second-order valence-electron chi connectivity index (χ2n) is 6.30. The van der Waals surface area contributed by atoms with Crippen LogP contribution >= 0.6 is 0 Å². The van der Waals surface area contributed by atoms with Crippen LogP contribution in [0.1, 0.15) is 31.2 Å². The van der Waals surface area contributed by atoms with Crippen LogP contribution in [0.4, 0.5) is 4.39 Å². The van der Waals surface area contributed by atoms with Crippen LogP contribution in [0.5, 0.6) is 0 Å². The summed E-state index contributed by atoms with van der Waals surface area (Å²) in [6.07, 6.45) is 6.38. The zero-order valence-electron chi connectivity index (χ0n) is 14.2. The third-order valence-corrected chi connectivity index (χ3v) is 4.33. The zero-order chi connectivity index (χ0) is 17.5. The molecule has 1 aliphatic heterocycles. The Morgan fingerprint density at radius 1 is 1.36 bits per heavy atom. The Labute approximate surface area is 146 Å². The predicted molar refractivity (Wildman–Crippen MR) is 90.0 cm³/mol. The molecule has 134 valence electrons. The first-order chi connectivity index (χ1) is 12.2. The SMILES string of the molecule is O=C(CCCn1cncn1)N(Cc1ccc(F)cc1)CC1CCCO1. The molecule has 25 heavy (non-hydrogen) atoms. The van der Waals surface area contributed by atoms with Gasteiger partial charge >= 0.3 is 0 Å². The molecule has 1 amide bonds. The number of carbonyl (C=O) groups excluding carboxylic acids is 1. The van der Waals surface area contributed by atoms with Crippen LogP contribution in [-0.2, 0) is 22.6 Å². The van der Waals surface area contributed by atoms with E-state index in [1.54, 1.807) is 23.1 Å². The standard InChI is InChI=1S/C18H23FN4O2/c19-16-7-5-15(6-8-16)11-22(12-17-3-2-10-25-17)18(24)4-1-9-23-14-20-13-21-23/h5-8,13-14,17H,1-4,9-12H2. The molecule has 0 spiro atoms. The number of hydrogen-bond donors (Lipinski definition) is 0. The van der Waals surface area contributed by atoms with E-state index in [1.165, 1.54) is 18.5 Å². The van der Waals surface area contributed by atoms with E-state index in [-0.39, 0.29) is 17.8 Å². The average molecular weight is 346 g/mol. The van der Waals surface area contributed by atoms with Gasteiger partial charge in [-0.05, 0) is 37.0 Å². The first-order valence-corrected chi connectivity index (χ1v) is 8.67. The van der Waals surface area contributed by atoms with Gasteiger partial charge in [0.2, 0.25) is 5.91 Å². The summed E-state index contributed by atoms with van der Waals surface area (Å²) in [6.45, 7) is 2.48. The minimum atomic E-state index is -0.270. The summed E-state index contributed by atoms with van der Waals surface area (Å²) in [4.78, 5) is 18.4. The highest BCUT2D eigenvalue weighted by Gasteiger charge is 2.22. The Morgan fingerprint density at radius 2 is 2.20 bits per heavy atom. The lowest BCUT2D eigenvalue weighted by Gasteiger charge is -2.26. The number of benzene rings is 1. The van der Waals surface area contributed by atoms with Crippen molar-refractivity contribution < 1.29 is 13.9 Å². The first kappa shape index (κ1) is 17.5. The number of nitrogens with zero attached hydrogens (tertiary/aromatic N) is 4. The fourth-order valence-electron chi connectivity index (χ4n) is 3.00. The molecule has 0 saturated carbocycles. The molecular weight excluding hydrogens is 323 g/mol. The molecule has 2 heterocycles. The Kier molecular flexibility index (Phi) is 6.11. The maximum Gasteiger partial charge on any atom is 0.223 e. The summed E-state index contributed by atoms with van der Waals surface area (Å²) in [7, 11) is 0. The van der Waals surface area contributed by atoms with Crippen molar-refractivity contribution in [2.45, 2.75) is 44.9 Å². The lowest BCUT2D eigenvalue weighted by atomic mass is 10.1. The summed E-state index contributed by atoms with van der Waals surface area (Å²) in [5.74, 6) is -0.187. The molecule has 0 N–H and O–H groups in total. The smallest absolute Gasteiger partial charge is 0.223 e. The van der Waals surface area contributed by atoms with E-state index < -0.39 is 0 Å². The third-order valence-electron chi connectivity index (χ3n) is 4.33. The van der Waals surface area contributed by atoms with Crippen LogP contribution in [0.3, 0.4) is 0 Å². The highest BCUT2D eigenvalue weighted by Crippen LogP contribution is 2.16. The van der Waals surface area contributed by atoms with Crippen LogP contribution in [0, 0.1) is 5.82 Å². The number of carbonyl (C=O) groups is 1. The topological polar surface area (TPSA) is 60.2 Å². The minimum Gasteiger partial charge on any atom is -0.376 e. The molecular formula is C18H23FN4O2. The van der Waals surface area contributed by atoms with Gasteiger partial charge in [-0.3, -0.25) is 9.48 Å². The van der Waals surface area contributed by atoms with Crippen molar-refractivity contribution in [3.05, 3.63) is 48.3 Å². The summed E-state index contributed by atoms with van der Waals surface area (Å²) >= 11 is 0. The number of rotatable bonds is 8. The Hall–Kier alpha value is -2.28.